The van der Waals surface area contributed by atoms with Crippen LogP contribution >= 0.6 is 11.3 Å². The first-order valence-electron chi connectivity index (χ1n) is 9.20. The second kappa shape index (κ2) is 9.01. The highest BCUT2D eigenvalue weighted by molar-refractivity contribution is 7.93. The largest absolute Gasteiger partial charge is 0.495 e. The Bertz CT molecular complexity index is 1320. The number of alkyl halides is 1. The average molecular weight is 480 g/mol. The zero-order valence-electron chi connectivity index (χ0n) is 17.0. The summed E-state index contributed by atoms with van der Waals surface area (Å²) in [6.07, 6.45) is 2.15. The lowest BCUT2D eigenvalue weighted by atomic mass is 10.1. The van der Waals surface area contributed by atoms with Gasteiger partial charge in [-0.25, -0.2) is 17.8 Å². The second-order valence-electron chi connectivity index (χ2n) is 6.45. The van der Waals surface area contributed by atoms with E-state index in [0.717, 1.165) is 10.6 Å². The summed E-state index contributed by atoms with van der Waals surface area (Å²) in [4.78, 5) is 4.02. The van der Waals surface area contributed by atoms with Crippen LogP contribution in [0.25, 0.3) is 11.0 Å². The van der Waals surface area contributed by atoms with E-state index in [1.54, 1.807) is 24.4 Å². The van der Waals surface area contributed by atoms with Crippen molar-refractivity contribution in [2.75, 3.05) is 25.8 Å². The van der Waals surface area contributed by atoms with Crippen molar-refractivity contribution >= 4 is 38.1 Å². The molecule has 0 spiro atoms. The molecular weight excluding hydrogens is 461 g/mol. The van der Waals surface area contributed by atoms with Crippen LogP contribution in [0.15, 0.2) is 51.3 Å². The number of thiazole rings is 1. The van der Waals surface area contributed by atoms with E-state index < -0.39 is 16.9 Å². The highest BCUT2D eigenvalue weighted by atomic mass is 32.2. The minimum absolute atomic E-state index is 0.0793. The van der Waals surface area contributed by atoms with Gasteiger partial charge in [0.1, 0.15) is 22.6 Å². The number of fused-ring (bicyclic) bond motifs is 1. The van der Waals surface area contributed by atoms with Gasteiger partial charge in [-0.2, -0.15) is 0 Å². The van der Waals surface area contributed by atoms with E-state index >= 15 is 0 Å². The normalized spacial score (nSPS) is 11.5. The van der Waals surface area contributed by atoms with Gasteiger partial charge in [0, 0.05) is 18.0 Å². The third-order valence-electron chi connectivity index (χ3n) is 4.53. The molecule has 9 nitrogen and oxygen atoms in total. The molecule has 0 unspecified atom stereocenters. The van der Waals surface area contributed by atoms with Crippen LogP contribution in [-0.2, 0) is 16.4 Å². The summed E-state index contributed by atoms with van der Waals surface area (Å²) in [5.74, 6) is 0.0888. The number of hydrogen-bond acceptors (Lipinski definition) is 9. The molecular formula is C20H18FN3O6S2. The third kappa shape index (κ3) is 4.18. The van der Waals surface area contributed by atoms with Crippen LogP contribution in [0.2, 0.25) is 0 Å². The topological polar surface area (TPSA) is 113 Å². The highest BCUT2D eigenvalue weighted by Crippen LogP contribution is 2.38. The molecule has 1 N–H and O–H groups in total. The van der Waals surface area contributed by atoms with Gasteiger partial charge in [-0.1, -0.05) is 11.2 Å². The number of rotatable bonds is 9. The zero-order chi connectivity index (χ0) is 22.7. The Morgan fingerprint density at radius 1 is 1.16 bits per heavy atom. The van der Waals surface area contributed by atoms with E-state index in [0.29, 0.717) is 6.42 Å². The Labute approximate surface area is 186 Å². The number of methoxy groups -OCH3 is 2. The SMILES string of the molecule is COc1cccc(OC)c1S(=O)(=O)Nc1noc2cc(Cc3nccs3)cc(OCF)c12. The van der Waals surface area contributed by atoms with Gasteiger partial charge in [-0.05, 0) is 29.8 Å². The van der Waals surface area contributed by atoms with Crippen LogP contribution in [0.5, 0.6) is 17.2 Å². The van der Waals surface area contributed by atoms with Crippen LogP contribution in [0.1, 0.15) is 10.6 Å². The molecule has 0 fully saturated rings. The summed E-state index contributed by atoms with van der Waals surface area (Å²) in [7, 11) is -1.54. The van der Waals surface area contributed by atoms with Crippen molar-refractivity contribution < 1.29 is 31.5 Å². The van der Waals surface area contributed by atoms with E-state index in [1.165, 1.54) is 37.7 Å². The Kier molecular flexibility index (Phi) is 6.15. The maximum atomic E-state index is 13.2. The lowest BCUT2D eigenvalue weighted by Gasteiger charge is -2.14. The van der Waals surface area contributed by atoms with Gasteiger partial charge in [-0.3, -0.25) is 4.72 Å². The van der Waals surface area contributed by atoms with Gasteiger partial charge >= 0.3 is 0 Å². The molecule has 4 rings (SSSR count). The number of aromatic nitrogens is 2. The van der Waals surface area contributed by atoms with Gasteiger partial charge in [0.25, 0.3) is 10.0 Å². The van der Waals surface area contributed by atoms with E-state index in [2.05, 4.69) is 14.9 Å². The van der Waals surface area contributed by atoms with E-state index in [9.17, 15) is 12.8 Å². The first-order valence-corrected chi connectivity index (χ1v) is 11.6. The molecule has 2 aromatic heterocycles. The van der Waals surface area contributed by atoms with Crippen molar-refractivity contribution in [2.45, 2.75) is 11.3 Å². The van der Waals surface area contributed by atoms with Crippen molar-refractivity contribution in [1.29, 1.82) is 0 Å². The quantitative estimate of drug-likeness (QED) is 0.383. The van der Waals surface area contributed by atoms with E-state index in [-0.39, 0.29) is 38.9 Å². The average Bonchev–Trinajstić information content (AvgIpc) is 3.43. The number of sulfonamides is 1. The fraction of sp³-hybridized carbons (Fsp3) is 0.200. The maximum Gasteiger partial charge on any atom is 0.270 e. The number of benzene rings is 2. The van der Waals surface area contributed by atoms with Gasteiger partial charge < -0.3 is 18.7 Å². The number of nitrogens with one attached hydrogen (secondary N) is 1. The van der Waals surface area contributed by atoms with Crippen LogP contribution in [-0.4, -0.2) is 39.6 Å². The molecule has 0 atom stereocenters. The summed E-state index contributed by atoms with van der Waals surface area (Å²) in [6, 6.07) is 7.85. The monoisotopic (exact) mass is 479 g/mol. The molecule has 0 radical (unpaired) electrons. The molecule has 4 aromatic rings. The number of halogens is 1. The molecule has 2 aromatic carbocycles. The summed E-state index contributed by atoms with van der Waals surface area (Å²) < 4.78 is 62.6. The Morgan fingerprint density at radius 2 is 1.91 bits per heavy atom. The molecule has 0 saturated heterocycles. The van der Waals surface area contributed by atoms with Gasteiger partial charge in [0.05, 0.1) is 19.2 Å². The van der Waals surface area contributed by atoms with Gasteiger partial charge in [0.15, 0.2) is 16.3 Å². The maximum absolute atomic E-state index is 13.2. The smallest absolute Gasteiger partial charge is 0.270 e. The van der Waals surface area contributed by atoms with Crippen molar-refractivity contribution in [1.82, 2.24) is 10.1 Å². The van der Waals surface area contributed by atoms with Crippen molar-refractivity contribution in [3.05, 3.63) is 52.5 Å². The van der Waals surface area contributed by atoms with Crippen molar-refractivity contribution in [2.24, 2.45) is 0 Å². The summed E-state index contributed by atoms with van der Waals surface area (Å²) >= 11 is 1.47. The molecule has 0 aliphatic carbocycles. The fourth-order valence-electron chi connectivity index (χ4n) is 3.21. The number of ether oxygens (including phenoxy) is 3. The van der Waals surface area contributed by atoms with Crippen LogP contribution in [0, 0.1) is 0 Å². The number of hydrogen-bond donors (Lipinski definition) is 1. The Balaban J connectivity index is 1.77. The van der Waals surface area contributed by atoms with Crippen molar-refractivity contribution in [3.8, 4) is 17.2 Å². The molecule has 32 heavy (non-hydrogen) atoms. The minimum Gasteiger partial charge on any atom is -0.495 e. The van der Waals surface area contributed by atoms with Crippen molar-refractivity contribution in [3.63, 3.8) is 0 Å². The molecule has 0 bridgehead atoms. The molecule has 0 aliphatic heterocycles. The Morgan fingerprint density at radius 3 is 2.53 bits per heavy atom. The van der Waals surface area contributed by atoms with Crippen LogP contribution in [0.3, 0.4) is 0 Å². The van der Waals surface area contributed by atoms with Crippen LogP contribution < -0.4 is 18.9 Å². The molecule has 12 heteroatoms. The molecule has 0 aliphatic rings. The number of nitrogens with zero attached hydrogens (tertiary/aromatic N) is 2. The Hall–Kier alpha value is -3.38. The lowest BCUT2D eigenvalue weighted by molar-refractivity contribution is 0.194. The van der Waals surface area contributed by atoms with E-state index in [1.807, 2.05) is 5.38 Å². The fourth-order valence-corrected chi connectivity index (χ4v) is 5.19. The molecule has 0 saturated carbocycles. The zero-order valence-corrected chi connectivity index (χ0v) is 18.6. The summed E-state index contributed by atoms with van der Waals surface area (Å²) in [5.41, 5.74) is 0.972. The molecule has 168 valence electrons. The standard InChI is InChI=1S/C20H18FN3O6S2/c1-27-13-4-3-5-14(28-2)19(13)32(25,26)24-20-18-15(29-11-21)8-12(9-16(18)30-23-20)10-17-22-6-7-31-17/h3-9H,10-11H2,1-2H3,(H,23,24). The lowest BCUT2D eigenvalue weighted by Crippen LogP contribution is -2.15. The predicted molar refractivity (Wildman–Crippen MR) is 116 cm³/mol. The van der Waals surface area contributed by atoms with Crippen LogP contribution in [0.4, 0.5) is 10.2 Å². The summed E-state index contributed by atoms with van der Waals surface area (Å²) in [6.45, 7) is -1.12. The minimum atomic E-state index is -4.22. The first-order chi connectivity index (χ1) is 15.5. The molecule has 2 heterocycles. The highest BCUT2D eigenvalue weighted by Gasteiger charge is 2.28. The van der Waals surface area contributed by atoms with Gasteiger partial charge in [-0.15, -0.1) is 11.3 Å². The first kappa shape index (κ1) is 21.8. The molecule has 0 amide bonds. The van der Waals surface area contributed by atoms with E-state index in [4.69, 9.17) is 18.7 Å². The number of anilines is 1. The third-order valence-corrected chi connectivity index (χ3v) is 6.71. The predicted octanol–water partition coefficient (Wildman–Crippen LogP) is 4.00. The van der Waals surface area contributed by atoms with Gasteiger partial charge in [0.2, 0.25) is 6.86 Å². The second-order valence-corrected chi connectivity index (χ2v) is 9.05. The summed E-state index contributed by atoms with van der Waals surface area (Å²) in [5, 5.41) is 6.71.